The minimum absolute atomic E-state index is 0.345. The normalized spacial score (nSPS) is 17.2. The van der Waals surface area contributed by atoms with Crippen molar-refractivity contribution in [3.63, 3.8) is 0 Å². The van der Waals surface area contributed by atoms with Gasteiger partial charge in [0.05, 0.1) is 6.04 Å². The standard InChI is InChI=1S/C33H45N3O3S.C2H7N/c1-34(31(25-39)8-6-22-37)23-32-29(24-38)7-5-9-33(32)40-26-28-12-10-27(11-13-28)14-19-35-20-15-30(16-21-35)36-17-3-2-4-18-36;1-3-2/h5,7,9-13,22,24-25,30-31H,2-4,6,8,14-21,23,26H2,1H3;3H,1-2H3. The van der Waals surface area contributed by atoms with Gasteiger partial charge in [0.25, 0.3) is 0 Å². The lowest BCUT2D eigenvalue weighted by Crippen LogP contribution is -2.47. The molecule has 0 aliphatic carbocycles. The van der Waals surface area contributed by atoms with Crippen LogP contribution in [-0.2, 0) is 28.3 Å². The van der Waals surface area contributed by atoms with E-state index in [1.165, 1.54) is 69.4 Å². The highest BCUT2D eigenvalue weighted by molar-refractivity contribution is 7.98. The minimum Gasteiger partial charge on any atom is -0.323 e. The van der Waals surface area contributed by atoms with Gasteiger partial charge in [0.1, 0.15) is 18.9 Å². The van der Waals surface area contributed by atoms with Crippen molar-refractivity contribution in [3.05, 3.63) is 64.7 Å². The van der Waals surface area contributed by atoms with E-state index in [1.54, 1.807) is 11.8 Å². The highest BCUT2D eigenvalue weighted by Gasteiger charge is 2.25. The van der Waals surface area contributed by atoms with Crippen LogP contribution in [0.15, 0.2) is 47.4 Å². The summed E-state index contributed by atoms with van der Waals surface area (Å²) in [6.45, 7) is 6.66. The van der Waals surface area contributed by atoms with Gasteiger partial charge >= 0.3 is 0 Å². The summed E-state index contributed by atoms with van der Waals surface area (Å²) in [6.07, 6.45) is 11.3. The summed E-state index contributed by atoms with van der Waals surface area (Å²) < 4.78 is 0. The molecule has 2 heterocycles. The zero-order valence-corrected chi connectivity index (χ0v) is 27.3. The quantitative estimate of drug-likeness (QED) is 0.221. The Labute approximate surface area is 263 Å². The summed E-state index contributed by atoms with van der Waals surface area (Å²) in [5.74, 6) is 0.811. The molecule has 8 heteroatoms. The van der Waals surface area contributed by atoms with Crippen LogP contribution in [0.5, 0.6) is 0 Å². The summed E-state index contributed by atoms with van der Waals surface area (Å²) >= 11 is 1.72. The lowest BCUT2D eigenvalue weighted by atomic mass is 9.99. The van der Waals surface area contributed by atoms with Gasteiger partial charge in [0.2, 0.25) is 0 Å². The minimum atomic E-state index is -0.351. The molecule has 2 fully saturated rings. The number of nitrogens with zero attached hydrogens (tertiary/aromatic N) is 3. The third-order valence-electron chi connectivity index (χ3n) is 8.61. The third-order valence-corrected chi connectivity index (χ3v) is 9.78. The number of hydrogen-bond acceptors (Lipinski definition) is 8. The Hall–Kier alpha value is -2.36. The Kier molecular flexibility index (Phi) is 16.2. The molecule has 0 amide bonds. The topological polar surface area (TPSA) is 73.0 Å². The summed E-state index contributed by atoms with van der Waals surface area (Å²) in [5, 5.41) is 2.75. The number of likely N-dealkylation sites (tertiary alicyclic amines) is 2. The SMILES string of the molecule is CN(Cc1c(C=O)cccc1SCc1ccc(CCN2CCC(N3CCCCC3)CC2)cc1)C(C=O)CCC=O.CNC. The highest BCUT2D eigenvalue weighted by Crippen LogP contribution is 2.30. The van der Waals surface area contributed by atoms with Gasteiger partial charge < -0.3 is 24.7 Å². The number of thioether (sulfide) groups is 1. The van der Waals surface area contributed by atoms with Crippen molar-refractivity contribution in [2.24, 2.45) is 0 Å². The van der Waals surface area contributed by atoms with Gasteiger partial charge in [-0.1, -0.05) is 42.8 Å². The van der Waals surface area contributed by atoms with Crippen molar-refractivity contribution in [2.45, 2.75) is 80.6 Å². The maximum absolute atomic E-state index is 11.8. The van der Waals surface area contributed by atoms with Gasteiger partial charge in [-0.3, -0.25) is 9.69 Å². The van der Waals surface area contributed by atoms with Crippen LogP contribution in [0.1, 0.15) is 72.0 Å². The summed E-state index contributed by atoms with van der Waals surface area (Å²) in [4.78, 5) is 42.5. The second kappa shape index (κ2) is 19.8. The van der Waals surface area contributed by atoms with E-state index in [0.29, 0.717) is 24.9 Å². The molecule has 4 rings (SSSR count). The molecule has 2 aromatic rings. The first-order valence-corrected chi connectivity index (χ1v) is 16.9. The van der Waals surface area contributed by atoms with E-state index in [2.05, 4.69) is 39.4 Å². The molecule has 1 atom stereocenters. The highest BCUT2D eigenvalue weighted by atomic mass is 32.2. The van der Waals surface area contributed by atoms with Gasteiger partial charge in [0.15, 0.2) is 0 Å². The van der Waals surface area contributed by atoms with Gasteiger partial charge in [-0.05, 0) is 109 Å². The zero-order chi connectivity index (χ0) is 30.9. The number of aldehydes is 3. The fourth-order valence-electron chi connectivity index (χ4n) is 6.04. The molecule has 236 valence electrons. The van der Waals surface area contributed by atoms with Crippen LogP contribution in [0.3, 0.4) is 0 Å². The molecule has 0 aromatic heterocycles. The number of hydrogen-bond donors (Lipinski definition) is 1. The Balaban J connectivity index is 0.00000162. The first kappa shape index (κ1) is 35.1. The van der Waals surface area contributed by atoms with Gasteiger partial charge in [-0.15, -0.1) is 11.8 Å². The van der Waals surface area contributed by atoms with Crippen molar-refractivity contribution in [3.8, 4) is 0 Å². The molecule has 2 aromatic carbocycles. The first-order chi connectivity index (χ1) is 21.0. The van der Waals surface area contributed by atoms with Crippen LogP contribution in [0.2, 0.25) is 0 Å². The van der Waals surface area contributed by atoms with E-state index >= 15 is 0 Å². The molecule has 2 aliphatic rings. The van der Waals surface area contributed by atoms with Crippen LogP contribution in [0.25, 0.3) is 0 Å². The lowest BCUT2D eigenvalue weighted by molar-refractivity contribution is -0.113. The maximum Gasteiger partial charge on any atom is 0.150 e. The van der Waals surface area contributed by atoms with Crippen LogP contribution >= 0.6 is 11.8 Å². The number of carbonyl (C=O) groups is 3. The van der Waals surface area contributed by atoms with E-state index in [9.17, 15) is 14.4 Å². The number of rotatable bonds is 15. The average molecular weight is 609 g/mol. The molecule has 0 bridgehead atoms. The number of carbonyl (C=O) groups excluding carboxylic acids is 3. The molecule has 7 nitrogen and oxygen atoms in total. The number of likely N-dealkylation sites (N-methyl/N-ethyl adjacent to an activating group) is 1. The van der Waals surface area contributed by atoms with E-state index in [-0.39, 0.29) is 6.04 Å². The third kappa shape index (κ3) is 11.6. The van der Waals surface area contributed by atoms with Gasteiger partial charge in [-0.2, -0.15) is 0 Å². The number of piperidine rings is 2. The molecular formula is C35H52N4O3S. The molecule has 43 heavy (non-hydrogen) atoms. The lowest BCUT2D eigenvalue weighted by Gasteiger charge is -2.40. The van der Waals surface area contributed by atoms with Gasteiger partial charge in [0, 0.05) is 41.8 Å². The molecule has 1 N–H and O–H groups in total. The molecule has 1 unspecified atom stereocenters. The number of nitrogens with one attached hydrogen (secondary N) is 1. The van der Waals surface area contributed by atoms with Crippen LogP contribution in [-0.4, -0.2) is 99.5 Å². The van der Waals surface area contributed by atoms with E-state index < -0.39 is 0 Å². The van der Waals surface area contributed by atoms with Crippen LogP contribution < -0.4 is 5.32 Å². The predicted molar refractivity (Wildman–Crippen MR) is 178 cm³/mol. The monoisotopic (exact) mass is 608 g/mol. The molecule has 0 radical (unpaired) electrons. The second-order valence-corrected chi connectivity index (χ2v) is 12.8. The Morgan fingerprint density at radius 3 is 2.26 bits per heavy atom. The maximum atomic E-state index is 11.8. The van der Waals surface area contributed by atoms with Crippen LogP contribution in [0.4, 0.5) is 0 Å². The Bertz CT molecular complexity index is 1100. The fourth-order valence-corrected chi connectivity index (χ4v) is 7.08. The number of benzene rings is 2. The van der Waals surface area contributed by atoms with Crippen molar-refractivity contribution >= 4 is 30.6 Å². The van der Waals surface area contributed by atoms with E-state index in [4.69, 9.17) is 0 Å². The van der Waals surface area contributed by atoms with Crippen LogP contribution in [0, 0.1) is 0 Å². The van der Waals surface area contributed by atoms with Crippen molar-refractivity contribution < 1.29 is 14.4 Å². The fraction of sp³-hybridized carbons (Fsp3) is 0.571. The molecule has 0 spiro atoms. The Morgan fingerprint density at radius 2 is 1.63 bits per heavy atom. The zero-order valence-electron chi connectivity index (χ0n) is 26.5. The molecule has 2 saturated heterocycles. The Morgan fingerprint density at radius 1 is 0.953 bits per heavy atom. The van der Waals surface area contributed by atoms with E-state index in [1.807, 2.05) is 44.2 Å². The van der Waals surface area contributed by atoms with Gasteiger partial charge in [-0.25, -0.2) is 0 Å². The summed E-state index contributed by atoms with van der Waals surface area (Å²) in [7, 11) is 5.62. The second-order valence-electron chi connectivity index (χ2n) is 11.8. The predicted octanol–water partition coefficient (Wildman–Crippen LogP) is 5.10. The summed E-state index contributed by atoms with van der Waals surface area (Å²) in [5.41, 5.74) is 4.21. The van der Waals surface area contributed by atoms with Crippen molar-refractivity contribution in [1.82, 2.24) is 20.0 Å². The van der Waals surface area contributed by atoms with Crippen molar-refractivity contribution in [2.75, 3.05) is 53.9 Å². The molecule has 0 saturated carbocycles. The average Bonchev–Trinajstić information content (AvgIpc) is 3.05. The smallest absolute Gasteiger partial charge is 0.150 e. The largest absolute Gasteiger partial charge is 0.323 e. The molecule has 2 aliphatic heterocycles. The molecular weight excluding hydrogens is 556 g/mol. The van der Waals surface area contributed by atoms with Crippen molar-refractivity contribution in [1.29, 1.82) is 0 Å². The van der Waals surface area contributed by atoms with E-state index in [0.717, 1.165) is 54.1 Å². The summed E-state index contributed by atoms with van der Waals surface area (Å²) in [6, 6.07) is 15.2. The first-order valence-electron chi connectivity index (χ1n) is 15.9.